The average Bonchev–Trinajstić information content (AvgIpc) is 2.94. The van der Waals surface area contributed by atoms with Crippen LogP contribution in [0.4, 0.5) is 0 Å². The summed E-state index contributed by atoms with van der Waals surface area (Å²) < 4.78 is 10.8. The molecule has 1 aliphatic rings. The molecule has 0 aromatic rings. The van der Waals surface area contributed by atoms with Crippen molar-refractivity contribution in [2.75, 3.05) is 26.4 Å². The minimum atomic E-state index is -0.596. The summed E-state index contributed by atoms with van der Waals surface area (Å²) in [7, 11) is 0. The molecule has 122 valence electrons. The van der Waals surface area contributed by atoms with Crippen molar-refractivity contribution in [1.82, 2.24) is 10.6 Å². The Morgan fingerprint density at radius 1 is 1.38 bits per heavy atom. The smallest absolute Gasteiger partial charge is 0.239 e. The lowest BCUT2D eigenvalue weighted by Gasteiger charge is -2.18. The van der Waals surface area contributed by atoms with Crippen molar-refractivity contribution in [2.45, 2.75) is 45.4 Å². The maximum Gasteiger partial charge on any atom is 0.239 e. The molecule has 2 unspecified atom stereocenters. The minimum absolute atomic E-state index is 0.0361. The Balaban J connectivity index is 2.15. The molecule has 0 aromatic heterocycles. The molecule has 1 fully saturated rings. The fourth-order valence-electron chi connectivity index (χ4n) is 1.88. The van der Waals surface area contributed by atoms with Gasteiger partial charge in [-0.25, -0.2) is 0 Å². The van der Waals surface area contributed by atoms with E-state index in [0.29, 0.717) is 13.2 Å². The van der Waals surface area contributed by atoms with E-state index in [4.69, 9.17) is 15.2 Å². The van der Waals surface area contributed by atoms with Crippen LogP contribution in [0.25, 0.3) is 0 Å². The van der Waals surface area contributed by atoms with E-state index >= 15 is 0 Å². The van der Waals surface area contributed by atoms with Gasteiger partial charge in [0.1, 0.15) is 0 Å². The van der Waals surface area contributed by atoms with Crippen molar-refractivity contribution in [1.29, 1.82) is 0 Å². The maximum absolute atomic E-state index is 11.7. The van der Waals surface area contributed by atoms with E-state index in [1.807, 2.05) is 20.8 Å². The fraction of sp³-hybridized carbons (Fsp3) is 0.857. The Labute approximate surface area is 125 Å². The molecule has 1 aliphatic heterocycles. The largest absolute Gasteiger partial charge is 0.379 e. The minimum Gasteiger partial charge on any atom is -0.379 e. The number of ether oxygens (including phenoxy) is 2. The summed E-state index contributed by atoms with van der Waals surface area (Å²) in [5.74, 6) is -0.528. The van der Waals surface area contributed by atoms with Crippen molar-refractivity contribution in [3.05, 3.63) is 0 Å². The molecular weight excluding hydrogens is 274 g/mol. The summed E-state index contributed by atoms with van der Waals surface area (Å²) in [6, 6.07) is -0.713. The molecule has 1 rings (SSSR count). The molecule has 2 amide bonds. The van der Waals surface area contributed by atoms with E-state index in [1.54, 1.807) is 0 Å². The van der Waals surface area contributed by atoms with Crippen LogP contribution in [-0.2, 0) is 19.1 Å². The van der Waals surface area contributed by atoms with Gasteiger partial charge in [-0.1, -0.05) is 13.8 Å². The highest BCUT2D eigenvalue weighted by molar-refractivity contribution is 5.87. The van der Waals surface area contributed by atoms with Gasteiger partial charge in [0, 0.05) is 12.6 Å². The van der Waals surface area contributed by atoms with Gasteiger partial charge in [0.15, 0.2) is 0 Å². The van der Waals surface area contributed by atoms with E-state index in [-0.39, 0.29) is 36.4 Å². The zero-order valence-electron chi connectivity index (χ0n) is 13.1. The van der Waals surface area contributed by atoms with E-state index in [0.717, 1.165) is 13.0 Å². The Morgan fingerprint density at radius 2 is 2.10 bits per heavy atom. The summed E-state index contributed by atoms with van der Waals surface area (Å²) in [4.78, 5) is 23.3. The normalized spacial score (nSPS) is 21.1. The number of hydrogen-bond acceptors (Lipinski definition) is 5. The molecule has 0 aromatic carbocycles. The quantitative estimate of drug-likeness (QED) is 0.555. The highest BCUT2D eigenvalue weighted by Crippen LogP contribution is 2.08. The van der Waals surface area contributed by atoms with Crippen LogP contribution in [0.2, 0.25) is 0 Å². The lowest BCUT2D eigenvalue weighted by molar-refractivity contribution is -0.127. The molecule has 0 radical (unpaired) electrons. The van der Waals surface area contributed by atoms with E-state index < -0.39 is 6.04 Å². The van der Waals surface area contributed by atoms with Crippen LogP contribution >= 0.6 is 0 Å². The van der Waals surface area contributed by atoms with Gasteiger partial charge in [0.25, 0.3) is 0 Å². The highest BCUT2D eigenvalue weighted by Gasteiger charge is 2.19. The van der Waals surface area contributed by atoms with Crippen molar-refractivity contribution < 1.29 is 19.1 Å². The molecule has 0 spiro atoms. The summed E-state index contributed by atoms with van der Waals surface area (Å²) in [6.45, 7) is 7.27. The first-order chi connectivity index (χ1) is 9.90. The van der Waals surface area contributed by atoms with Gasteiger partial charge >= 0.3 is 0 Å². The monoisotopic (exact) mass is 301 g/mol. The summed E-state index contributed by atoms with van der Waals surface area (Å²) in [6.07, 6.45) is 1.01. The number of nitrogens with one attached hydrogen (secondary N) is 2. The Hall–Kier alpha value is -1.18. The molecule has 7 heteroatoms. The van der Waals surface area contributed by atoms with Crippen molar-refractivity contribution in [3.63, 3.8) is 0 Å². The van der Waals surface area contributed by atoms with Gasteiger partial charge in [-0.2, -0.15) is 0 Å². The molecule has 3 atom stereocenters. The second-order valence-corrected chi connectivity index (χ2v) is 5.78. The van der Waals surface area contributed by atoms with E-state index in [1.165, 1.54) is 0 Å². The number of carbonyl (C=O) groups excluding carboxylic acids is 2. The fourth-order valence-corrected chi connectivity index (χ4v) is 1.88. The van der Waals surface area contributed by atoms with Gasteiger partial charge in [-0.05, 0) is 19.3 Å². The molecule has 1 saturated heterocycles. The van der Waals surface area contributed by atoms with Crippen LogP contribution in [0, 0.1) is 5.92 Å². The van der Waals surface area contributed by atoms with Crippen molar-refractivity contribution >= 4 is 11.8 Å². The summed E-state index contributed by atoms with van der Waals surface area (Å²) >= 11 is 0. The van der Waals surface area contributed by atoms with Crippen LogP contribution in [-0.4, -0.2) is 56.4 Å². The second-order valence-electron chi connectivity index (χ2n) is 5.78. The lowest BCUT2D eigenvalue weighted by atomic mass is 10.1. The first-order valence-electron chi connectivity index (χ1n) is 7.42. The van der Waals surface area contributed by atoms with Crippen LogP contribution in [0.15, 0.2) is 0 Å². The molecule has 1 heterocycles. The SMILES string of the molecule is CC(COC1CCOC1)NC(=O)CNC(=O)[C@@H](N)C(C)C. The molecule has 4 N–H and O–H groups in total. The Bertz CT molecular complexity index is 343. The molecule has 0 saturated carbocycles. The molecule has 21 heavy (non-hydrogen) atoms. The third kappa shape index (κ3) is 6.88. The molecular formula is C14H27N3O4. The third-order valence-corrected chi connectivity index (χ3v) is 3.32. The third-order valence-electron chi connectivity index (χ3n) is 3.32. The number of hydrogen-bond donors (Lipinski definition) is 3. The molecule has 0 bridgehead atoms. The number of carbonyl (C=O) groups is 2. The van der Waals surface area contributed by atoms with Gasteiger partial charge < -0.3 is 25.8 Å². The first-order valence-corrected chi connectivity index (χ1v) is 7.42. The van der Waals surface area contributed by atoms with E-state index in [9.17, 15) is 9.59 Å². The van der Waals surface area contributed by atoms with Gasteiger partial charge in [-0.15, -0.1) is 0 Å². The first kappa shape index (κ1) is 17.9. The second kappa shape index (κ2) is 8.96. The van der Waals surface area contributed by atoms with Gasteiger partial charge in [-0.3, -0.25) is 9.59 Å². The average molecular weight is 301 g/mol. The molecule has 7 nitrogen and oxygen atoms in total. The van der Waals surface area contributed by atoms with Crippen LogP contribution in [0.1, 0.15) is 27.2 Å². The maximum atomic E-state index is 11.7. The number of rotatable bonds is 8. The standard InChI is InChI=1S/C14H27N3O4/c1-9(2)13(15)14(19)16-6-12(18)17-10(3)7-21-11-4-5-20-8-11/h9-11,13H,4-8,15H2,1-3H3,(H,16,19)(H,17,18)/t10?,11?,13-/m0/s1. The van der Waals surface area contributed by atoms with Crippen molar-refractivity contribution in [2.24, 2.45) is 11.7 Å². The van der Waals surface area contributed by atoms with Crippen LogP contribution in [0.5, 0.6) is 0 Å². The topological polar surface area (TPSA) is 103 Å². The predicted octanol–water partition coefficient (Wildman–Crippen LogP) is -0.604. The highest BCUT2D eigenvalue weighted by atomic mass is 16.5. The zero-order valence-corrected chi connectivity index (χ0v) is 13.1. The lowest BCUT2D eigenvalue weighted by Crippen LogP contribution is -2.48. The predicted molar refractivity (Wildman–Crippen MR) is 78.6 cm³/mol. The summed E-state index contributed by atoms with van der Waals surface area (Å²) in [5, 5.41) is 5.30. The molecule has 0 aliphatic carbocycles. The van der Waals surface area contributed by atoms with E-state index in [2.05, 4.69) is 10.6 Å². The van der Waals surface area contributed by atoms with Crippen molar-refractivity contribution in [3.8, 4) is 0 Å². The Kier molecular flexibility index (Phi) is 7.63. The van der Waals surface area contributed by atoms with Gasteiger partial charge in [0.2, 0.25) is 11.8 Å². The van der Waals surface area contributed by atoms with Gasteiger partial charge in [0.05, 0.1) is 31.9 Å². The Morgan fingerprint density at radius 3 is 2.67 bits per heavy atom. The summed E-state index contributed by atoms with van der Waals surface area (Å²) in [5.41, 5.74) is 5.69. The number of amides is 2. The van der Waals surface area contributed by atoms with Crippen LogP contribution < -0.4 is 16.4 Å². The zero-order chi connectivity index (χ0) is 15.8. The van der Waals surface area contributed by atoms with Crippen LogP contribution in [0.3, 0.4) is 0 Å². The number of nitrogens with two attached hydrogens (primary N) is 1.